The van der Waals surface area contributed by atoms with E-state index in [0.29, 0.717) is 0 Å². The van der Waals surface area contributed by atoms with Crippen LogP contribution in [0.25, 0.3) is 153 Å². The van der Waals surface area contributed by atoms with E-state index < -0.39 is 0 Å². The van der Waals surface area contributed by atoms with Gasteiger partial charge in [0, 0.05) is 0 Å². The first-order valence-corrected chi connectivity index (χ1v) is 25.1. The molecule has 15 aromatic rings. The predicted octanol–water partition coefficient (Wildman–Crippen LogP) is 20.3. The second kappa shape index (κ2) is 16.1. The Morgan fingerprint density at radius 1 is 0.139 bits per heavy atom. The van der Waals surface area contributed by atoms with Gasteiger partial charge in [-0.25, -0.2) is 0 Å². The van der Waals surface area contributed by atoms with Gasteiger partial charge < -0.3 is 0 Å². The van der Waals surface area contributed by atoms with Crippen LogP contribution in [0.1, 0.15) is 0 Å². The summed E-state index contributed by atoms with van der Waals surface area (Å²) in [5.41, 5.74) is 17.3. The largest absolute Gasteiger partial charge is 0.0622 e. The third-order valence-electron chi connectivity index (χ3n) is 15.6. The average molecular weight is 909 g/mol. The standard InChI is InChI=1S/C72H44/c1-2-9-47(10-3-1)61-35-27-51-33-41-67-63(37-29-53-31-39-65(61)69(51)71(53)67)57-15-6-13-55(43-57)45-19-21-46(22-20-45)56-14-7-16-58(44-56)64-38-30-54-32-40-66-62(36-28-52-34-42-68(64)72(54)70(52)66)50-25-23-49(24-26-50)60-18-8-12-48-11-4-5-17-59(48)60/h1-44H. The van der Waals surface area contributed by atoms with Crippen molar-refractivity contribution in [2.75, 3.05) is 0 Å². The van der Waals surface area contributed by atoms with E-state index in [2.05, 4.69) is 267 Å². The minimum absolute atomic E-state index is 1.20. The van der Waals surface area contributed by atoms with Crippen molar-refractivity contribution in [2.24, 2.45) is 0 Å². The van der Waals surface area contributed by atoms with E-state index in [1.165, 1.54) is 153 Å². The zero-order valence-corrected chi connectivity index (χ0v) is 39.4. The third kappa shape index (κ3) is 6.40. The summed E-state index contributed by atoms with van der Waals surface area (Å²) in [6, 6.07) is 99.3. The lowest BCUT2D eigenvalue weighted by molar-refractivity contribution is 1.58. The van der Waals surface area contributed by atoms with Gasteiger partial charge in [0.1, 0.15) is 0 Å². The molecule has 0 aromatic heterocycles. The molecule has 0 bridgehead atoms. The quantitative estimate of drug-likeness (QED) is 0.140. The molecule has 0 aliphatic rings. The molecule has 0 N–H and O–H groups in total. The minimum Gasteiger partial charge on any atom is -0.0622 e. The van der Waals surface area contributed by atoms with Crippen molar-refractivity contribution in [2.45, 2.75) is 0 Å². The molecule has 0 spiro atoms. The number of fused-ring (bicyclic) bond motifs is 1. The van der Waals surface area contributed by atoms with Crippen LogP contribution >= 0.6 is 0 Å². The molecule has 0 heteroatoms. The summed E-state index contributed by atoms with van der Waals surface area (Å²) >= 11 is 0. The molecule has 0 aliphatic carbocycles. The Labute approximate surface area is 418 Å². The molecule has 0 saturated heterocycles. The Morgan fingerprint density at radius 3 is 0.903 bits per heavy atom. The van der Waals surface area contributed by atoms with E-state index in [-0.39, 0.29) is 0 Å². The maximum Gasteiger partial charge on any atom is -0.00203 e. The van der Waals surface area contributed by atoms with Gasteiger partial charge >= 0.3 is 0 Å². The maximum atomic E-state index is 2.36. The molecule has 15 aromatic carbocycles. The maximum absolute atomic E-state index is 2.36. The normalized spacial score (nSPS) is 11.9. The van der Waals surface area contributed by atoms with Crippen LogP contribution in [-0.4, -0.2) is 0 Å². The summed E-state index contributed by atoms with van der Waals surface area (Å²) in [4.78, 5) is 0. The van der Waals surface area contributed by atoms with Gasteiger partial charge in [-0.15, -0.1) is 0 Å². The summed E-state index contributed by atoms with van der Waals surface area (Å²) < 4.78 is 0. The first kappa shape index (κ1) is 40.5. The van der Waals surface area contributed by atoms with Crippen molar-refractivity contribution in [3.63, 3.8) is 0 Å². The summed E-state index contributed by atoms with van der Waals surface area (Å²) in [6.45, 7) is 0. The van der Waals surface area contributed by atoms with Crippen LogP contribution in [0.2, 0.25) is 0 Å². The van der Waals surface area contributed by atoms with Crippen LogP contribution in [0.15, 0.2) is 267 Å². The fraction of sp³-hybridized carbons (Fsp3) is 0. The van der Waals surface area contributed by atoms with E-state index in [1.54, 1.807) is 0 Å². The van der Waals surface area contributed by atoms with Gasteiger partial charge in [0.05, 0.1) is 0 Å². The fourth-order valence-electron chi connectivity index (χ4n) is 12.1. The van der Waals surface area contributed by atoms with Crippen molar-refractivity contribution < 1.29 is 0 Å². The van der Waals surface area contributed by atoms with Gasteiger partial charge in [-0.2, -0.15) is 0 Å². The fourth-order valence-corrected chi connectivity index (χ4v) is 12.1. The lowest BCUT2D eigenvalue weighted by Crippen LogP contribution is -1.90. The molecule has 0 heterocycles. The summed E-state index contributed by atoms with van der Waals surface area (Å²) in [5.74, 6) is 0. The Kier molecular flexibility index (Phi) is 9.06. The Morgan fingerprint density at radius 2 is 0.444 bits per heavy atom. The lowest BCUT2D eigenvalue weighted by atomic mass is 9.86. The van der Waals surface area contributed by atoms with Crippen LogP contribution in [0.4, 0.5) is 0 Å². The number of hydrogen-bond donors (Lipinski definition) is 0. The summed E-state index contributed by atoms with van der Waals surface area (Å²) in [7, 11) is 0. The zero-order valence-electron chi connectivity index (χ0n) is 39.4. The first-order chi connectivity index (χ1) is 35.7. The highest BCUT2D eigenvalue weighted by atomic mass is 14.2. The van der Waals surface area contributed by atoms with Gasteiger partial charge in [-0.05, 0) is 165 Å². The second-order valence-electron chi connectivity index (χ2n) is 19.5. The third-order valence-corrected chi connectivity index (χ3v) is 15.6. The smallest absolute Gasteiger partial charge is 0.00203 e. The molecule has 0 nitrogen and oxygen atoms in total. The van der Waals surface area contributed by atoms with E-state index in [4.69, 9.17) is 0 Å². The molecule has 15 rings (SSSR count). The molecule has 0 fully saturated rings. The number of benzene rings is 15. The second-order valence-corrected chi connectivity index (χ2v) is 19.5. The molecule has 72 heavy (non-hydrogen) atoms. The minimum atomic E-state index is 1.20. The Hall–Kier alpha value is -9.36. The van der Waals surface area contributed by atoms with Crippen LogP contribution in [0, 0.1) is 0 Å². The molecule has 0 saturated carbocycles. The number of rotatable bonds is 7. The van der Waals surface area contributed by atoms with Gasteiger partial charge in [-0.3, -0.25) is 0 Å². The highest BCUT2D eigenvalue weighted by Gasteiger charge is 2.18. The molecule has 0 amide bonds. The molecule has 0 atom stereocenters. The van der Waals surface area contributed by atoms with E-state index >= 15 is 0 Å². The van der Waals surface area contributed by atoms with Crippen molar-refractivity contribution in [3.8, 4) is 77.9 Å². The highest BCUT2D eigenvalue weighted by Crippen LogP contribution is 2.45. The van der Waals surface area contributed by atoms with E-state index in [0.717, 1.165) is 0 Å². The molecule has 0 unspecified atom stereocenters. The van der Waals surface area contributed by atoms with E-state index in [1.807, 2.05) is 0 Å². The van der Waals surface area contributed by atoms with E-state index in [9.17, 15) is 0 Å². The zero-order chi connectivity index (χ0) is 47.3. The SMILES string of the molecule is c1ccc(-c2ccc3ccc4c(-c5cccc(-c6ccc(-c7cccc(-c8ccc9ccc%10c(-c%11ccc(-c%12cccc%13ccccc%12%13)cc%11)ccc%11ccc8c9c%11%10)c7)cc6)c5)ccc5ccc2c3c54)cc1. The van der Waals surface area contributed by atoms with Gasteiger partial charge in [0.25, 0.3) is 0 Å². The molecular weight excluding hydrogens is 865 g/mol. The molecule has 332 valence electrons. The lowest BCUT2D eigenvalue weighted by Gasteiger charge is -2.17. The molecule has 0 aliphatic heterocycles. The average Bonchev–Trinajstić information content (AvgIpc) is 3.46. The first-order valence-electron chi connectivity index (χ1n) is 25.1. The van der Waals surface area contributed by atoms with Gasteiger partial charge in [-0.1, -0.05) is 255 Å². The topological polar surface area (TPSA) is 0 Å². The molecule has 0 radical (unpaired) electrons. The Bertz CT molecular complexity index is 4570. The van der Waals surface area contributed by atoms with Crippen molar-refractivity contribution >= 4 is 75.4 Å². The van der Waals surface area contributed by atoms with Crippen LogP contribution in [0.3, 0.4) is 0 Å². The van der Waals surface area contributed by atoms with Crippen molar-refractivity contribution in [3.05, 3.63) is 267 Å². The van der Waals surface area contributed by atoms with Gasteiger partial charge in [0.15, 0.2) is 0 Å². The number of hydrogen-bond acceptors (Lipinski definition) is 0. The van der Waals surface area contributed by atoms with Gasteiger partial charge in [0.2, 0.25) is 0 Å². The van der Waals surface area contributed by atoms with Crippen molar-refractivity contribution in [1.29, 1.82) is 0 Å². The van der Waals surface area contributed by atoms with Crippen LogP contribution < -0.4 is 0 Å². The monoisotopic (exact) mass is 908 g/mol. The summed E-state index contributed by atoms with van der Waals surface area (Å²) in [5, 5.41) is 18.1. The van der Waals surface area contributed by atoms with Crippen molar-refractivity contribution in [1.82, 2.24) is 0 Å². The molecular formula is C72H44. The summed E-state index contributed by atoms with van der Waals surface area (Å²) in [6.07, 6.45) is 0. The van der Waals surface area contributed by atoms with Crippen LogP contribution in [0.5, 0.6) is 0 Å². The highest BCUT2D eigenvalue weighted by molar-refractivity contribution is 6.29. The Balaban J connectivity index is 0.752. The van der Waals surface area contributed by atoms with Crippen LogP contribution in [-0.2, 0) is 0 Å². The predicted molar refractivity (Wildman–Crippen MR) is 309 cm³/mol.